The molecule has 0 unspecified atom stereocenters. The van der Waals surface area contributed by atoms with Crippen LogP contribution in [0.2, 0.25) is 0 Å². The van der Waals surface area contributed by atoms with E-state index in [-0.39, 0.29) is 17.9 Å². The Balaban J connectivity index is 1.63. The van der Waals surface area contributed by atoms with Crippen LogP contribution in [0.3, 0.4) is 0 Å². The number of carbonyl (C=O) groups is 1. The monoisotopic (exact) mass is 289 g/mol. The third kappa shape index (κ3) is 2.63. The molecule has 2 atom stereocenters. The second kappa shape index (κ2) is 5.40. The molecule has 0 spiro atoms. The molecule has 1 aliphatic heterocycles. The Bertz CT molecular complexity index is 603. The Morgan fingerprint density at radius 1 is 1.60 bits per heavy atom. The summed E-state index contributed by atoms with van der Waals surface area (Å²) in [7, 11) is 0. The second-order valence-corrected chi connectivity index (χ2v) is 6.41. The van der Waals surface area contributed by atoms with Gasteiger partial charge in [-0.05, 0) is 31.7 Å². The van der Waals surface area contributed by atoms with E-state index in [1.807, 2.05) is 31.4 Å². The van der Waals surface area contributed by atoms with Gasteiger partial charge in [0.15, 0.2) is 0 Å². The molecule has 0 aliphatic carbocycles. The van der Waals surface area contributed by atoms with Crippen molar-refractivity contribution in [2.24, 2.45) is 0 Å². The summed E-state index contributed by atoms with van der Waals surface area (Å²) < 4.78 is 2.17. The fraction of sp³-hybridized carbons (Fsp3) is 0.467. The highest BCUT2D eigenvalue weighted by molar-refractivity contribution is 7.10. The Morgan fingerprint density at radius 3 is 3.20 bits per heavy atom. The van der Waals surface area contributed by atoms with E-state index in [1.54, 1.807) is 11.3 Å². The number of hydrogen-bond acceptors (Lipinski definition) is 3. The van der Waals surface area contributed by atoms with Crippen LogP contribution in [0.5, 0.6) is 0 Å². The molecule has 4 nitrogen and oxygen atoms in total. The van der Waals surface area contributed by atoms with Crippen molar-refractivity contribution < 1.29 is 4.79 Å². The number of carbonyl (C=O) groups excluding carboxylic acids is 1. The Labute approximate surface area is 122 Å². The summed E-state index contributed by atoms with van der Waals surface area (Å²) in [5.41, 5.74) is 1.05. The van der Waals surface area contributed by atoms with Gasteiger partial charge in [-0.15, -0.1) is 11.3 Å². The van der Waals surface area contributed by atoms with Crippen LogP contribution < -0.4 is 5.32 Å². The van der Waals surface area contributed by atoms with E-state index in [1.165, 1.54) is 0 Å². The van der Waals surface area contributed by atoms with Crippen molar-refractivity contribution in [1.29, 1.82) is 0 Å². The van der Waals surface area contributed by atoms with Crippen LogP contribution in [-0.4, -0.2) is 21.5 Å². The largest absolute Gasteiger partial charge is 0.351 e. The lowest BCUT2D eigenvalue weighted by molar-refractivity contribution is -0.123. The number of amides is 1. The van der Waals surface area contributed by atoms with E-state index >= 15 is 0 Å². The number of thiophene rings is 1. The van der Waals surface area contributed by atoms with Gasteiger partial charge in [-0.2, -0.15) is 0 Å². The van der Waals surface area contributed by atoms with Gasteiger partial charge in [0.1, 0.15) is 5.82 Å². The third-order valence-electron chi connectivity index (χ3n) is 3.82. The fourth-order valence-electron chi connectivity index (χ4n) is 2.70. The summed E-state index contributed by atoms with van der Waals surface area (Å²) in [6.07, 6.45) is 3.97. The molecule has 1 aliphatic rings. The maximum Gasteiger partial charge on any atom is 0.228 e. The molecule has 5 heteroatoms. The number of aromatic nitrogens is 2. The van der Waals surface area contributed by atoms with Crippen molar-refractivity contribution in [3.63, 3.8) is 0 Å². The van der Waals surface area contributed by atoms with Crippen molar-refractivity contribution in [2.45, 2.75) is 45.2 Å². The zero-order chi connectivity index (χ0) is 14.1. The van der Waals surface area contributed by atoms with Crippen LogP contribution in [0.15, 0.2) is 23.7 Å². The molecule has 3 heterocycles. The van der Waals surface area contributed by atoms with E-state index in [0.717, 1.165) is 35.8 Å². The molecule has 0 radical (unpaired) electrons. The van der Waals surface area contributed by atoms with E-state index in [2.05, 4.69) is 21.1 Å². The standard InChI is InChI=1S/C15H19N3OS/c1-10-8-18-9-12(5-6-14(18)16-10)17-15(19)11(2)13-4-3-7-20-13/h3-4,7-8,11-12H,5-6,9H2,1-2H3,(H,17,19)/t11-,12-/m1/s1. The highest BCUT2D eigenvalue weighted by Gasteiger charge is 2.24. The first-order chi connectivity index (χ1) is 9.63. The van der Waals surface area contributed by atoms with Crippen molar-refractivity contribution in [2.75, 3.05) is 0 Å². The summed E-state index contributed by atoms with van der Waals surface area (Å²) in [4.78, 5) is 17.9. The van der Waals surface area contributed by atoms with E-state index in [4.69, 9.17) is 0 Å². The van der Waals surface area contributed by atoms with Gasteiger partial charge >= 0.3 is 0 Å². The molecule has 0 aromatic carbocycles. The third-order valence-corrected chi connectivity index (χ3v) is 4.88. The first-order valence-corrected chi connectivity index (χ1v) is 7.88. The van der Waals surface area contributed by atoms with Crippen molar-refractivity contribution in [3.8, 4) is 0 Å². The summed E-state index contributed by atoms with van der Waals surface area (Å²) in [6, 6.07) is 4.23. The maximum atomic E-state index is 12.3. The van der Waals surface area contributed by atoms with Crippen molar-refractivity contribution in [1.82, 2.24) is 14.9 Å². The summed E-state index contributed by atoms with van der Waals surface area (Å²) in [6.45, 7) is 4.81. The summed E-state index contributed by atoms with van der Waals surface area (Å²) in [5, 5.41) is 5.19. The molecule has 106 valence electrons. The van der Waals surface area contributed by atoms with Gasteiger partial charge in [0.25, 0.3) is 0 Å². The van der Waals surface area contributed by atoms with Gasteiger partial charge < -0.3 is 9.88 Å². The average molecular weight is 289 g/mol. The molecule has 1 N–H and O–H groups in total. The zero-order valence-corrected chi connectivity index (χ0v) is 12.6. The van der Waals surface area contributed by atoms with Crippen LogP contribution >= 0.6 is 11.3 Å². The van der Waals surface area contributed by atoms with E-state index in [0.29, 0.717) is 0 Å². The molecular weight excluding hydrogens is 270 g/mol. The topological polar surface area (TPSA) is 46.9 Å². The molecule has 2 aromatic rings. The number of hydrogen-bond donors (Lipinski definition) is 1. The number of aryl methyl sites for hydroxylation is 2. The lowest BCUT2D eigenvalue weighted by Gasteiger charge is -2.25. The molecule has 0 fully saturated rings. The van der Waals surface area contributed by atoms with Crippen molar-refractivity contribution in [3.05, 3.63) is 40.1 Å². The van der Waals surface area contributed by atoms with Gasteiger partial charge in [0.2, 0.25) is 5.91 Å². The molecule has 3 rings (SSSR count). The number of rotatable bonds is 3. The number of fused-ring (bicyclic) bond motifs is 1. The van der Waals surface area contributed by atoms with Gasteiger partial charge in [-0.3, -0.25) is 4.79 Å². The summed E-state index contributed by atoms with van der Waals surface area (Å²) >= 11 is 1.64. The predicted molar refractivity (Wildman–Crippen MR) is 79.9 cm³/mol. The van der Waals surface area contributed by atoms with Gasteiger partial charge in [0, 0.05) is 30.1 Å². The van der Waals surface area contributed by atoms with Crippen LogP contribution in [0.25, 0.3) is 0 Å². The van der Waals surface area contributed by atoms with Crippen LogP contribution in [-0.2, 0) is 17.8 Å². The normalized spacial score (nSPS) is 19.4. The van der Waals surface area contributed by atoms with Crippen molar-refractivity contribution >= 4 is 17.2 Å². The van der Waals surface area contributed by atoms with Gasteiger partial charge in [-0.25, -0.2) is 4.98 Å². The minimum atomic E-state index is -0.0686. The maximum absolute atomic E-state index is 12.3. The molecular formula is C15H19N3OS. The van der Waals surface area contributed by atoms with Gasteiger partial charge in [-0.1, -0.05) is 6.07 Å². The summed E-state index contributed by atoms with van der Waals surface area (Å²) in [5.74, 6) is 1.19. The highest BCUT2D eigenvalue weighted by atomic mass is 32.1. The van der Waals surface area contributed by atoms with Crippen LogP contribution in [0.1, 0.15) is 35.7 Å². The number of nitrogens with one attached hydrogen (secondary N) is 1. The Kier molecular flexibility index (Phi) is 3.61. The molecule has 0 saturated heterocycles. The molecule has 2 aromatic heterocycles. The first-order valence-electron chi connectivity index (χ1n) is 7.00. The molecule has 0 bridgehead atoms. The highest BCUT2D eigenvalue weighted by Crippen LogP contribution is 2.22. The Hall–Kier alpha value is -1.62. The van der Waals surface area contributed by atoms with Gasteiger partial charge in [0.05, 0.1) is 11.6 Å². The Morgan fingerprint density at radius 2 is 2.45 bits per heavy atom. The van der Waals surface area contributed by atoms with E-state index < -0.39 is 0 Å². The van der Waals surface area contributed by atoms with E-state index in [9.17, 15) is 4.79 Å². The number of imidazole rings is 1. The first kappa shape index (κ1) is 13.4. The van der Waals surface area contributed by atoms with Crippen LogP contribution in [0, 0.1) is 6.92 Å². The lowest BCUT2D eigenvalue weighted by Crippen LogP contribution is -2.42. The smallest absolute Gasteiger partial charge is 0.228 e. The quantitative estimate of drug-likeness (QED) is 0.943. The minimum Gasteiger partial charge on any atom is -0.351 e. The second-order valence-electron chi connectivity index (χ2n) is 5.43. The molecule has 1 amide bonds. The zero-order valence-electron chi connectivity index (χ0n) is 11.8. The average Bonchev–Trinajstić information content (AvgIpc) is 3.05. The van der Waals surface area contributed by atoms with Crippen LogP contribution in [0.4, 0.5) is 0 Å². The molecule has 20 heavy (non-hydrogen) atoms. The molecule has 0 saturated carbocycles. The fourth-order valence-corrected chi connectivity index (χ4v) is 3.48. The SMILES string of the molecule is Cc1cn2c(n1)CC[C@@H](NC(=O)[C@H](C)c1cccs1)C2. The predicted octanol–water partition coefficient (Wildman–Crippen LogP) is 2.49. The lowest BCUT2D eigenvalue weighted by atomic mass is 10.0. The number of nitrogens with zero attached hydrogens (tertiary/aromatic N) is 2. The minimum absolute atomic E-state index is 0.0686.